The molecule has 9 heteroatoms. The van der Waals surface area contributed by atoms with Crippen molar-refractivity contribution in [1.29, 1.82) is 0 Å². The number of aryl methyl sites for hydroxylation is 2. The molecular formula is C16H15ClFN3O3S. The standard InChI is InChI=1S/C16H15ClFN3O3S/c1-20-13-7-12(17)15(8-14(13)21(2)16(20)22)25(23,24)19-9-10-3-5-11(18)6-4-10/h3-8,19H,9H2,1-2H3. The molecule has 6 nitrogen and oxygen atoms in total. The van der Waals surface area contributed by atoms with Crippen LogP contribution in [0.15, 0.2) is 46.1 Å². The van der Waals surface area contributed by atoms with Crippen LogP contribution in [0.4, 0.5) is 4.39 Å². The Morgan fingerprint density at radius 2 is 1.64 bits per heavy atom. The summed E-state index contributed by atoms with van der Waals surface area (Å²) in [4.78, 5) is 11.9. The van der Waals surface area contributed by atoms with Gasteiger partial charge in [-0.3, -0.25) is 9.13 Å². The average molecular weight is 384 g/mol. The van der Waals surface area contributed by atoms with E-state index in [1.54, 1.807) is 14.1 Å². The fraction of sp³-hybridized carbons (Fsp3) is 0.188. The highest BCUT2D eigenvalue weighted by Crippen LogP contribution is 2.27. The fourth-order valence-corrected chi connectivity index (χ4v) is 4.12. The van der Waals surface area contributed by atoms with Crippen molar-refractivity contribution < 1.29 is 12.8 Å². The first-order valence-corrected chi connectivity index (χ1v) is 9.16. The van der Waals surface area contributed by atoms with Crippen LogP contribution >= 0.6 is 11.6 Å². The third-order valence-corrected chi connectivity index (χ3v) is 5.86. The van der Waals surface area contributed by atoms with Crippen LogP contribution in [0.5, 0.6) is 0 Å². The molecule has 1 heterocycles. The lowest BCUT2D eigenvalue weighted by molar-refractivity contribution is 0.581. The van der Waals surface area contributed by atoms with E-state index in [1.165, 1.54) is 45.5 Å². The molecule has 0 radical (unpaired) electrons. The van der Waals surface area contributed by atoms with E-state index in [1.807, 2.05) is 0 Å². The Balaban J connectivity index is 1.99. The zero-order valence-corrected chi connectivity index (χ0v) is 15.0. The fourth-order valence-electron chi connectivity index (χ4n) is 2.56. The van der Waals surface area contributed by atoms with E-state index >= 15 is 0 Å². The van der Waals surface area contributed by atoms with Crippen molar-refractivity contribution in [3.63, 3.8) is 0 Å². The van der Waals surface area contributed by atoms with Gasteiger partial charge in [0.05, 0.1) is 16.1 Å². The summed E-state index contributed by atoms with van der Waals surface area (Å²) in [6, 6.07) is 8.30. The molecule has 0 amide bonds. The summed E-state index contributed by atoms with van der Waals surface area (Å²) < 4.78 is 43.2. The molecule has 3 rings (SSSR count). The van der Waals surface area contributed by atoms with Crippen LogP contribution in [0.25, 0.3) is 11.0 Å². The van der Waals surface area contributed by atoms with E-state index < -0.39 is 15.8 Å². The van der Waals surface area contributed by atoms with Crippen LogP contribution in [0.3, 0.4) is 0 Å². The maximum atomic E-state index is 12.9. The Morgan fingerprint density at radius 3 is 2.24 bits per heavy atom. The van der Waals surface area contributed by atoms with Crippen molar-refractivity contribution in [2.75, 3.05) is 0 Å². The molecule has 0 aliphatic heterocycles. The Morgan fingerprint density at radius 1 is 1.08 bits per heavy atom. The average Bonchev–Trinajstić information content (AvgIpc) is 2.78. The normalized spacial score (nSPS) is 12.0. The zero-order chi connectivity index (χ0) is 18.4. The number of hydrogen-bond acceptors (Lipinski definition) is 3. The predicted octanol–water partition coefficient (Wildman–Crippen LogP) is 2.15. The van der Waals surface area contributed by atoms with Gasteiger partial charge in [-0.05, 0) is 29.8 Å². The molecular weight excluding hydrogens is 369 g/mol. The second-order valence-corrected chi connectivity index (χ2v) is 7.77. The Bertz CT molecular complexity index is 1120. The van der Waals surface area contributed by atoms with Gasteiger partial charge < -0.3 is 0 Å². The lowest BCUT2D eigenvalue weighted by Gasteiger charge is -2.09. The van der Waals surface area contributed by atoms with Crippen molar-refractivity contribution in [2.45, 2.75) is 11.4 Å². The number of sulfonamides is 1. The number of halogens is 2. The second-order valence-electron chi connectivity index (χ2n) is 5.62. The summed E-state index contributed by atoms with van der Waals surface area (Å²) in [5.41, 5.74) is 1.32. The molecule has 0 aliphatic rings. The van der Waals surface area contributed by atoms with Gasteiger partial charge in [0, 0.05) is 20.6 Å². The molecule has 1 N–H and O–H groups in total. The molecule has 132 valence electrons. The van der Waals surface area contributed by atoms with Crippen LogP contribution in [-0.4, -0.2) is 17.6 Å². The number of benzene rings is 2. The van der Waals surface area contributed by atoms with E-state index in [-0.39, 0.29) is 22.2 Å². The maximum Gasteiger partial charge on any atom is 0.328 e. The minimum Gasteiger partial charge on any atom is -0.295 e. The predicted molar refractivity (Wildman–Crippen MR) is 93.6 cm³/mol. The quantitative estimate of drug-likeness (QED) is 0.750. The van der Waals surface area contributed by atoms with Crippen molar-refractivity contribution in [3.8, 4) is 0 Å². The smallest absolute Gasteiger partial charge is 0.295 e. The van der Waals surface area contributed by atoms with Gasteiger partial charge in [-0.1, -0.05) is 23.7 Å². The Labute approximate surface area is 148 Å². The summed E-state index contributed by atoms with van der Waals surface area (Å²) in [7, 11) is -0.770. The summed E-state index contributed by atoms with van der Waals surface area (Å²) in [6.45, 7) is -0.00923. The topological polar surface area (TPSA) is 73.1 Å². The van der Waals surface area contributed by atoms with Crippen LogP contribution in [0.2, 0.25) is 5.02 Å². The highest BCUT2D eigenvalue weighted by atomic mass is 35.5. The van der Waals surface area contributed by atoms with Gasteiger partial charge in [0.1, 0.15) is 10.7 Å². The molecule has 0 aliphatic carbocycles. The van der Waals surface area contributed by atoms with E-state index in [4.69, 9.17) is 11.6 Å². The molecule has 0 spiro atoms. The van der Waals surface area contributed by atoms with Crippen molar-refractivity contribution >= 4 is 32.7 Å². The Hall–Kier alpha value is -2.16. The van der Waals surface area contributed by atoms with Gasteiger partial charge in [-0.15, -0.1) is 0 Å². The molecule has 0 atom stereocenters. The highest BCUT2D eigenvalue weighted by molar-refractivity contribution is 7.89. The summed E-state index contributed by atoms with van der Waals surface area (Å²) >= 11 is 6.13. The number of hydrogen-bond donors (Lipinski definition) is 1. The highest BCUT2D eigenvalue weighted by Gasteiger charge is 2.21. The molecule has 2 aromatic carbocycles. The molecule has 25 heavy (non-hydrogen) atoms. The van der Waals surface area contributed by atoms with Crippen LogP contribution in [-0.2, 0) is 30.7 Å². The van der Waals surface area contributed by atoms with Crippen LogP contribution in [0.1, 0.15) is 5.56 Å². The summed E-state index contributed by atoms with van der Waals surface area (Å²) in [6.07, 6.45) is 0. The van der Waals surface area contributed by atoms with Gasteiger partial charge in [-0.25, -0.2) is 22.3 Å². The minimum atomic E-state index is -3.91. The first-order valence-electron chi connectivity index (χ1n) is 7.30. The zero-order valence-electron chi connectivity index (χ0n) is 13.5. The van der Waals surface area contributed by atoms with Crippen LogP contribution < -0.4 is 10.4 Å². The monoisotopic (exact) mass is 383 g/mol. The van der Waals surface area contributed by atoms with Gasteiger partial charge in [0.25, 0.3) is 0 Å². The third-order valence-electron chi connectivity index (χ3n) is 3.99. The summed E-state index contributed by atoms with van der Waals surface area (Å²) in [5.74, 6) is -0.398. The van der Waals surface area contributed by atoms with Crippen LogP contribution in [0, 0.1) is 5.82 Å². The molecule has 0 saturated heterocycles. The maximum absolute atomic E-state index is 12.9. The molecule has 0 saturated carbocycles. The molecule has 3 aromatic rings. The summed E-state index contributed by atoms with van der Waals surface area (Å²) in [5, 5.41) is 0.0142. The Kier molecular flexibility index (Phi) is 4.44. The number of imidazole rings is 1. The van der Waals surface area contributed by atoms with E-state index in [0.29, 0.717) is 16.6 Å². The van der Waals surface area contributed by atoms with Crippen molar-refractivity contribution in [3.05, 3.63) is 63.3 Å². The van der Waals surface area contributed by atoms with Gasteiger partial charge in [0.2, 0.25) is 10.0 Å². The third kappa shape index (κ3) is 3.20. The lowest BCUT2D eigenvalue weighted by Crippen LogP contribution is -2.23. The largest absolute Gasteiger partial charge is 0.328 e. The van der Waals surface area contributed by atoms with E-state index in [9.17, 15) is 17.6 Å². The lowest BCUT2D eigenvalue weighted by atomic mass is 10.2. The number of nitrogens with one attached hydrogen (secondary N) is 1. The van der Waals surface area contributed by atoms with Gasteiger partial charge in [0.15, 0.2) is 0 Å². The molecule has 0 unspecified atom stereocenters. The van der Waals surface area contributed by atoms with E-state index in [2.05, 4.69) is 4.72 Å². The molecule has 0 bridgehead atoms. The number of fused-ring (bicyclic) bond motifs is 1. The van der Waals surface area contributed by atoms with Gasteiger partial charge in [-0.2, -0.15) is 0 Å². The van der Waals surface area contributed by atoms with Crippen molar-refractivity contribution in [2.24, 2.45) is 14.1 Å². The first-order chi connectivity index (χ1) is 11.7. The van der Waals surface area contributed by atoms with E-state index in [0.717, 1.165) is 0 Å². The molecule has 0 fully saturated rings. The second kappa shape index (κ2) is 6.29. The minimum absolute atomic E-state index is 0.00923. The first kappa shape index (κ1) is 17.7. The number of rotatable bonds is 4. The van der Waals surface area contributed by atoms with Gasteiger partial charge >= 0.3 is 5.69 Å². The van der Waals surface area contributed by atoms with Crippen molar-refractivity contribution in [1.82, 2.24) is 13.9 Å². The molecule has 1 aromatic heterocycles. The SMILES string of the molecule is Cn1c(=O)n(C)c2cc(S(=O)(=O)NCc3ccc(F)cc3)c(Cl)cc21. The number of aromatic nitrogens is 2. The number of nitrogens with zero attached hydrogens (tertiary/aromatic N) is 2.